The molecule has 0 saturated heterocycles. The molecule has 0 bridgehead atoms. The predicted molar refractivity (Wildman–Crippen MR) is 318 cm³/mol. The van der Waals surface area contributed by atoms with Crippen molar-refractivity contribution in [2.45, 2.75) is 225 Å². The van der Waals surface area contributed by atoms with Crippen molar-refractivity contribution in [1.29, 1.82) is 0 Å². The number of aliphatic hydroxyl groups is 1. The van der Waals surface area contributed by atoms with Crippen LogP contribution in [0.3, 0.4) is 0 Å². The summed E-state index contributed by atoms with van der Waals surface area (Å²) in [5.41, 5.74) is 0. The first-order valence-corrected chi connectivity index (χ1v) is 30.6. The highest BCUT2D eigenvalue weighted by molar-refractivity contribution is 7.47. The molecule has 0 aliphatic rings. The van der Waals surface area contributed by atoms with Crippen LogP contribution in [-0.4, -0.2) is 73.4 Å². The Morgan fingerprint density at radius 3 is 1.21 bits per heavy atom. The number of unbranched alkanes of at least 4 members (excludes halogenated alkanes) is 18. The van der Waals surface area contributed by atoms with E-state index in [2.05, 4.69) is 141 Å². The molecule has 3 unspecified atom stereocenters. The number of phosphoric ester groups is 1. The van der Waals surface area contributed by atoms with Gasteiger partial charge in [-0.3, -0.25) is 13.8 Å². The number of quaternary nitrogens is 1. The summed E-state index contributed by atoms with van der Waals surface area (Å²) < 4.78 is 23.7. The van der Waals surface area contributed by atoms with Crippen molar-refractivity contribution in [3.8, 4) is 0 Å². The van der Waals surface area contributed by atoms with Crippen LogP contribution in [0.4, 0.5) is 0 Å². The van der Waals surface area contributed by atoms with Crippen molar-refractivity contribution >= 4 is 13.7 Å². The van der Waals surface area contributed by atoms with Gasteiger partial charge in [-0.15, -0.1) is 0 Å². The van der Waals surface area contributed by atoms with Gasteiger partial charge in [-0.25, -0.2) is 4.57 Å². The van der Waals surface area contributed by atoms with Gasteiger partial charge in [0.2, 0.25) is 5.91 Å². The lowest BCUT2D eigenvalue weighted by molar-refractivity contribution is -0.870. The zero-order valence-electron chi connectivity index (χ0n) is 47.3. The lowest BCUT2D eigenvalue weighted by Gasteiger charge is -2.25. The lowest BCUT2D eigenvalue weighted by Crippen LogP contribution is -2.45. The van der Waals surface area contributed by atoms with Gasteiger partial charge < -0.3 is 19.8 Å². The van der Waals surface area contributed by atoms with E-state index < -0.39 is 20.0 Å². The third kappa shape index (κ3) is 56.2. The Morgan fingerprint density at radius 2 is 0.822 bits per heavy atom. The Kier molecular flexibility index (Phi) is 51.0. The smallest absolute Gasteiger partial charge is 0.387 e. The fourth-order valence-corrected chi connectivity index (χ4v) is 8.33. The van der Waals surface area contributed by atoms with E-state index in [9.17, 15) is 19.4 Å². The minimum Gasteiger partial charge on any atom is -0.387 e. The van der Waals surface area contributed by atoms with Crippen LogP contribution in [0.15, 0.2) is 134 Å². The molecule has 0 aromatic rings. The number of nitrogens with zero attached hydrogens (tertiary/aromatic N) is 1. The second kappa shape index (κ2) is 53.5. The molecule has 416 valence electrons. The van der Waals surface area contributed by atoms with E-state index in [-0.39, 0.29) is 19.1 Å². The number of phosphoric acid groups is 1. The van der Waals surface area contributed by atoms with Gasteiger partial charge in [0.15, 0.2) is 0 Å². The second-order valence-corrected chi connectivity index (χ2v) is 21.7. The third-order valence-electron chi connectivity index (χ3n) is 12.1. The van der Waals surface area contributed by atoms with E-state index in [1.54, 1.807) is 6.08 Å². The van der Waals surface area contributed by atoms with Crippen LogP contribution in [0.2, 0.25) is 0 Å². The molecule has 0 rings (SSSR count). The zero-order chi connectivity index (χ0) is 53.5. The molecule has 0 spiro atoms. The number of hydrogen-bond acceptors (Lipinski definition) is 5. The predicted octanol–water partition coefficient (Wildman–Crippen LogP) is 17.9. The summed E-state index contributed by atoms with van der Waals surface area (Å²) in [5, 5.41) is 13.9. The Hall–Kier alpha value is -3.36. The van der Waals surface area contributed by atoms with Crippen LogP contribution in [-0.2, 0) is 18.4 Å². The average molecular weight is 1030 g/mol. The van der Waals surface area contributed by atoms with E-state index in [0.29, 0.717) is 17.4 Å². The molecular formula is C64H110N2O6P+. The minimum absolute atomic E-state index is 0.0515. The monoisotopic (exact) mass is 1030 g/mol. The van der Waals surface area contributed by atoms with Crippen molar-refractivity contribution in [3.63, 3.8) is 0 Å². The molecule has 0 saturated carbocycles. The van der Waals surface area contributed by atoms with Gasteiger partial charge in [0.05, 0.1) is 39.9 Å². The van der Waals surface area contributed by atoms with Crippen molar-refractivity contribution in [2.75, 3.05) is 40.9 Å². The zero-order valence-corrected chi connectivity index (χ0v) is 48.2. The van der Waals surface area contributed by atoms with Crippen LogP contribution >= 0.6 is 7.82 Å². The van der Waals surface area contributed by atoms with Gasteiger partial charge in [0.25, 0.3) is 0 Å². The number of carbonyl (C=O) groups excluding carboxylic acids is 1. The van der Waals surface area contributed by atoms with E-state index in [4.69, 9.17) is 9.05 Å². The number of likely N-dealkylation sites (N-methyl/N-ethyl adjacent to an activating group) is 1. The minimum atomic E-state index is -4.36. The maximum absolute atomic E-state index is 13.0. The van der Waals surface area contributed by atoms with Gasteiger partial charge in [-0.05, 0) is 96.3 Å². The lowest BCUT2D eigenvalue weighted by atomic mass is 10.0. The average Bonchev–Trinajstić information content (AvgIpc) is 3.35. The van der Waals surface area contributed by atoms with Gasteiger partial charge >= 0.3 is 7.82 Å². The third-order valence-corrected chi connectivity index (χ3v) is 13.1. The molecule has 0 fully saturated rings. The molecule has 3 N–H and O–H groups in total. The maximum Gasteiger partial charge on any atom is 0.472 e. The second-order valence-electron chi connectivity index (χ2n) is 20.3. The molecule has 73 heavy (non-hydrogen) atoms. The largest absolute Gasteiger partial charge is 0.472 e. The SMILES string of the molecule is CC/C=C\C/C=C\C/C=C\C/C=C\C/C=C\C/C=C\C/C=C\C/C=C\C/C=C\C/C=C\CCCCCCCCC(=O)NC(COP(=O)(O)OCC[N+](C)(C)C)C(O)/C=C/CCCCCCCCCCCCCC. The quantitative estimate of drug-likeness (QED) is 0.0243. The van der Waals surface area contributed by atoms with Crippen LogP contribution in [0.1, 0.15) is 213 Å². The van der Waals surface area contributed by atoms with Crippen molar-refractivity contribution in [1.82, 2.24) is 5.32 Å². The molecule has 9 heteroatoms. The molecule has 0 radical (unpaired) electrons. The molecule has 0 aliphatic carbocycles. The van der Waals surface area contributed by atoms with Crippen molar-refractivity contribution < 1.29 is 32.9 Å². The first-order valence-electron chi connectivity index (χ1n) is 29.1. The standard InChI is InChI=1S/C64H109N2O6P/c1-6-8-10-12-14-16-18-20-22-23-24-25-26-27-28-29-30-31-32-33-34-35-36-37-38-39-40-41-42-43-44-46-48-50-52-54-56-58-64(68)65-62(61-72-73(69,70)71-60-59-66(3,4)5)63(67)57-55-53-51-49-47-45-21-19-17-15-13-11-9-7-2/h8,10,14,16,20,22,24-25,27-28,30-31,33-34,36-37,39-40,42-43,55,57,62-63,67H,6-7,9,11-13,15,17-19,21,23,26,29,32,35,38,41,44-54,56,58-61H2,1-5H3,(H-,65,68,69,70)/p+1/b10-8-,16-14-,22-20-,25-24-,28-27-,31-30-,34-33-,37-36-,40-39-,43-42-,57-55+. The Balaban J connectivity index is 4.21. The number of carbonyl (C=O) groups is 1. The highest BCUT2D eigenvalue weighted by Crippen LogP contribution is 2.43. The van der Waals surface area contributed by atoms with Crippen LogP contribution in [0.25, 0.3) is 0 Å². The molecule has 0 heterocycles. The summed E-state index contributed by atoms with van der Waals surface area (Å²) in [5.74, 6) is -0.198. The van der Waals surface area contributed by atoms with Gasteiger partial charge in [-0.2, -0.15) is 0 Å². The van der Waals surface area contributed by atoms with Crippen molar-refractivity contribution in [2.24, 2.45) is 0 Å². The molecule has 1 amide bonds. The fourth-order valence-electron chi connectivity index (χ4n) is 7.60. The highest BCUT2D eigenvalue weighted by Gasteiger charge is 2.27. The number of amides is 1. The summed E-state index contributed by atoms with van der Waals surface area (Å²) in [6.45, 7) is 4.67. The molecule has 3 atom stereocenters. The Labute approximate surface area is 449 Å². The van der Waals surface area contributed by atoms with Crippen molar-refractivity contribution in [3.05, 3.63) is 134 Å². The molecule has 8 nitrogen and oxygen atoms in total. The summed E-state index contributed by atoms with van der Waals surface area (Å²) in [4.78, 5) is 23.3. The Morgan fingerprint density at radius 1 is 0.479 bits per heavy atom. The van der Waals surface area contributed by atoms with E-state index >= 15 is 0 Å². The maximum atomic E-state index is 13.0. The van der Waals surface area contributed by atoms with Gasteiger partial charge in [0.1, 0.15) is 13.2 Å². The number of rotatable bonds is 51. The summed E-state index contributed by atoms with van der Waals surface area (Å²) in [6.07, 6.45) is 81.2. The molecule has 0 aliphatic heterocycles. The van der Waals surface area contributed by atoms with Crippen LogP contribution < -0.4 is 5.32 Å². The number of nitrogens with one attached hydrogen (secondary N) is 1. The number of hydrogen-bond donors (Lipinski definition) is 3. The number of aliphatic hydroxyl groups excluding tert-OH is 1. The summed E-state index contributed by atoms with van der Waals surface area (Å²) >= 11 is 0. The highest BCUT2D eigenvalue weighted by atomic mass is 31.2. The van der Waals surface area contributed by atoms with Crippen LogP contribution in [0.5, 0.6) is 0 Å². The van der Waals surface area contributed by atoms with Gasteiger partial charge in [-0.1, -0.05) is 244 Å². The summed E-state index contributed by atoms with van der Waals surface area (Å²) in [7, 11) is 1.54. The van der Waals surface area contributed by atoms with Crippen LogP contribution in [0, 0.1) is 0 Å². The van der Waals surface area contributed by atoms with E-state index in [1.165, 1.54) is 70.6 Å². The first-order chi connectivity index (χ1) is 35.5. The first kappa shape index (κ1) is 69.6. The van der Waals surface area contributed by atoms with E-state index in [0.717, 1.165) is 122 Å². The number of allylic oxidation sites excluding steroid dienone is 21. The van der Waals surface area contributed by atoms with E-state index in [1.807, 2.05) is 27.2 Å². The molecular weight excluding hydrogens is 924 g/mol. The summed E-state index contributed by atoms with van der Waals surface area (Å²) in [6, 6.07) is -0.864. The fraction of sp³-hybridized carbons (Fsp3) is 0.641. The van der Waals surface area contributed by atoms with Gasteiger partial charge in [0, 0.05) is 6.42 Å². The molecule has 0 aromatic heterocycles. The normalized spacial score (nSPS) is 14.9. The molecule has 0 aromatic carbocycles. The Bertz CT molecular complexity index is 1640. The topological polar surface area (TPSA) is 105 Å².